The molecule has 2 rings (SSSR count). The van der Waals surface area contributed by atoms with E-state index >= 15 is 0 Å². The number of esters is 1. The van der Waals surface area contributed by atoms with Crippen LogP contribution in [0.3, 0.4) is 0 Å². The molecule has 0 heterocycles. The van der Waals surface area contributed by atoms with Crippen molar-refractivity contribution in [3.05, 3.63) is 69.8 Å². The van der Waals surface area contributed by atoms with Crippen LogP contribution in [0.15, 0.2) is 48.5 Å². The summed E-state index contributed by atoms with van der Waals surface area (Å²) in [6, 6.07) is 12.7. The first-order valence-corrected chi connectivity index (χ1v) is 11.5. The first kappa shape index (κ1) is 28.1. The van der Waals surface area contributed by atoms with Crippen LogP contribution in [0, 0.1) is 10.1 Å². The molecular formula is C25H31N3O8. The van der Waals surface area contributed by atoms with E-state index < -0.39 is 23.0 Å². The number of nitrogens with zero attached hydrogens (tertiary/aromatic N) is 1. The average Bonchev–Trinajstić information content (AvgIpc) is 2.89. The number of unbranched alkanes of at least 4 members (excludes halogenated alkanes) is 2. The van der Waals surface area contributed by atoms with Crippen LogP contribution in [0.1, 0.15) is 36.8 Å². The van der Waals surface area contributed by atoms with E-state index in [0.29, 0.717) is 31.4 Å². The monoisotopic (exact) mass is 501 g/mol. The van der Waals surface area contributed by atoms with E-state index in [2.05, 4.69) is 10.6 Å². The molecule has 0 saturated heterocycles. The Kier molecular flexibility index (Phi) is 11.7. The summed E-state index contributed by atoms with van der Waals surface area (Å²) in [4.78, 5) is 46.9. The number of carbonyl (C=O) groups excluding carboxylic acids is 3. The van der Waals surface area contributed by atoms with Crippen molar-refractivity contribution in [2.75, 3.05) is 20.8 Å². The predicted octanol–water partition coefficient (Wildman–Crippen LogP) is 3.29. The largest absolute Gasteiger partial charge is 0.490 e. The van der Waals surface area contributed by atoms with Crippen molar-refractivity contribution in [2.45, 2.75) is 44.8 Å². The quantitative estimate of drug-likeness (QED) is 0.174. The molecule has 0 aliphatic heterocycles. The number of nitro benzene ring substituents is 1. The van der Waals surface area contributed by atoms with Gasteiger partial charge in [0.15, 0.2) is 5.75 Å². The van der Waals surface area contributed by atoms with Gasteiger partial charge in [0.2, 0.25) is 5.91 Å². The summed E-state index contributed by atoms with van der Waals surface area (Å²) >= 11 is 0. The number of rotatable bonds is 14. The third kappa shape index (κ3) is 9.61. The van der Waals surface area contributed by atoms with Gasteiger partial charge in [-0.3, -0.25) is 14.9 Å². The number of hydrogen-bond donors (Lipinski definition) is 2. The number of hydrogen-bond acceptors (Lipinski definition) is 8. The minimum Gasteiger partial charge on any atom is -0.490 e. The number of alkyl carbamates (subject to hydrolysis) is 1. The second-order valence-corrected chi connectivity index (χ2v) is 7.91. The summed E-state index contributed by atoms with van der Waals surface area (Å²) < 4.78 is 14.9. The number of carbonyl (C=O) groups is 3. The van der Waals surface area contributed by atoms with Gasteiger partial charge in [0, 0.05) is 25.5 Å². The standard InChI is InChI=1S/C25H31N3O8/c1-34-22-13-12-19(16-21(22)28(32)33)15-20(24(30)35-2)27-23(29)11-7-4-8-14-26-25(31)36-17-18-9-5-3-6-10-18/h3,5-6,9-10,12-13,16,20H,4,7-8,11,14-15,17H2,1-2H3,(H,26,31)(H,27,29)/t20-/m1/s1. The maximum atomic E-state index is 12.4. The lowest BCUT2D eigenvalue weighted by Crippen LogP contribution is -2.43. The predicted molar refractivity (Wildman–Crippen MR) is 130 cm³/mol. The molecule has 36 heavy (non-hydrogen) atoms. The lowest BCUT2D eigenvalue weighted by Gasteiger charge is -2.17. The van der Waals surface area contributed by atoms with Crippen LogP contribution in [0.4, 0.5) is 10.5 Å². The van der Waals surface area contributed by atoms with Crippen molar-refractivity contribution >= 4 is 23.7 Å². The first-order chi connectivity index (χ1) is 17.3. The van der Waals surface area contributed by atoms with Gasteiger partial charge < -0.3 is 24.8 Å². The molecule has 194 valence electrons. The normalized spacial score (nSPS) is 11.2. The Morgan fingerprint density at radius 2 is 1.75 bits per heavy atom. The maximum absolute atomic E-state index is 12.4. The van der Waals surface area contributed by atoms with Crippen LogP contribution < -0.4 is 15.4 Å². The molecule has 0 radical (unpaired) electrons. The maximum Gasteiger partial charge on any atom is 0.407 e. The smallest absolute Gasteiger partial charge is 0.407 e. The van der Waals surface area contributed by atoms with Gasteiger partial charge in [0.25, 0.3) is 0 Å². The summed E-state index contributed by atoms with van der Waals surface area (Å²) in [5.74, 6) is -0.898. The number of nitro groups is 1. The molecular weight excluding hydrogens is 470 g/mol. The molecule has 11 heteroatoms. The van der Waals surface area contributed by atoms with Gasteiger partial charge in [-0.25, -0.2) is 9.59 Å². The Labute approximate surface area is 209 Å². The molecule has 0 spiro atoms. The summed E-state index contributed by atoms with van der Waals surface area (Å²) in [5.41, 5.74) is 1.14. The lowest BCUT2D eigenvalue weighted by atomic mass is 10.0. The minimum absolute atomic E-state index is 0.0261. The molecule has 2 N–H and O–H groups in total. The highest BCUT2D eigenvalue weighted by atomic mass is 16.6. The highest BCUT2D eigenvalue weighted by Crippen LogP contribution is 2.28. The minimum atomic E-state index is -0.989. The van der Waals surface area contributed by atoms with E-state index in [-0.39, 0.29) is 36.8 Å². The Balaban J connectivity index is 1.72. The van der Waals surface area contributed by atoms with Crippen LogP contribution in [0.2, 0.25) is 0 Å². The molecule has 0 aromatic heterocycles. The summed E-state index contributed by atoms with van der Waals surface area (Å²) in [5, 5.41) is 16.5. The van der Waals surface area contributed by atoms with E-state index in [0.717, 1.165) is 5.56 Å². The van der Waals surface area contributed by atoms with Crippen molar-refractivity contribution in [3.63, 3.8) is 0 Å². The fraction of sp³-hybridized carbons (Fsp3) is 0.400. The molecule has 0 fully saturated rings. The third-order valence-electron chi connectivity index (χ3n) is 5.26. The first-order valence-electron chi connectivity index (χ1n) is 11.5. The fourth-order valence-electron chi connectivity index (χ4n) is 3.39. The van der Waals surface area contributed by atoms with Crippen molar-refractivity contribution in [3.8, 4) is 5.75 Å². The van der Waals surface area contributed by atoms with E-state index in [9.17, 15) is 24.5 Å². The Morgan fingerprint density at radius 1 is 1.00 bits per heavy atom. The van der Waals surface area contributed by atoms with Crippen molar-refractivity contribution in [1.29, 1.82) is 0 Å². The topological polar surface area (TPSA) is 146 Å². The van der Waals surface area contributed by atoms with Crippen LogP contribution in [0.25, 0.3) is 0 Å². The highest BCUT2D eigenvalue weighted by Gasteiger charge is 2.24. The second kappa shape index (κ2) is 15.0. The summed E-state index contributed by atoms with van der Waals surface area (Å²) in [6.45, 7) is 0.606. The Morgan fingerprint density at radius 3 is 2.42 bits per heavy atom. The van der Waals surface area contributed by atoms with Gasteiger partial charge in [-0.15, -0.1) is 0 Å². The number of ether oxygens (including phenoxy) is 3. The summed E-state index contributed by atoms with van der Waals surface area (Å²) in [6.07, 6.45) is 1.58. The zero-order valence-corrected chi connectivity index (χ0v) is 20.4. The van der Waals surface area contributed by atoms with Gasteiger partial charge >= 0.3 is 17.7 Å². The number of nitrogens with one attached hydrogen (secondary N) is 2. The molecule has 2 aromatic carbocycles. The second-order valence-electron chi connectivity index (χ2n) is 7.91. The van der Waals surface area contributed by atoms with E-state index in [4.69, 9.17) is 14.2 Å². The molecule has 0 unspecified atom stereocenters. The van der Waals surface area contributed by atoms with Gasteiger partial charge in [-0.05, 0) is 30.0 Å². The number of benzene rings is 2. The zero-order valence-electron chi connectivity index (χ0n) is 20.4. The Hall–Kier alpha value is -4.15. The van der Waals surface area contributed by atoms with Gasteiger partial charge in [-0.1, -0.05) is 42.8 Å². The van der Waals surface area contributed by atoms with E-state index in [1.54, 1.807) is 6.07 Å². The Bertz CT molecular complexity index is 1030. The van der Waals surface area contributed by atoms with Gasteiger partial charge in [0.05, 0.1) is 19.1 Å². The van der Waals surface area contributed by atoms with Crippen molar-refractivity contribution in [2.24, 2.45) is 0 Å². The molecule has 0 aliphatic carbocycles. The average molecular weight is 502 g/mol. The van der Waals surface area contributed by atoms with Gasteiger partial charge in [-0.2, -0.15) is 0 Å². The molecule has 0 aliphatic rings. The molecule has 2 aromatic rings. The zero-order chi connectivity index (χ0) is 26.3. The van der Waals surface area contributed by atoms with Gasteiger partial charge in [0.1, 0.15) is 12.6 Å². The van der Waals surface area contributed by atoms with E-state index in [1.807, 2.05) is 30.3 Å². The third-order valence-corrected chi connectivity index (χ3v) is 5.26. The van der Waals surface area contributed by atoms with E-state index in [1.165, 1.54) is 26.4 Å². The number of methoxy groups -OCH3 is 2. The molecule has 2 amide bonds. The SMILES string of the molecule is COC(=O)[C@@H](Cc1ccc(OC)c([N+](=O)[O-])c1)NC(=O)CCCCCNC(=O)OCc1ccccc1. The van der Waals surface area contributed by atoms with Crippen LogP contribution in [0.5, 0.6) is 5.75 Å². The summed E-state index contributed by atoms with van der Waals surface area (Å²) in [7, 11) is 2.53. The van der Waals surface area contributed by atoms with Crippen molar-refractivity contribution in [1.82, 2.24) is 10.6 Å². The molecule has 0 saturated carbocycles. The molecule has 0 bridgehead atoms. The number of amides is 2. The highest BCUT2D eigenvalue weighted by molar-refractivity contribution is 5.84. The molecule has 11 nitrogen and oxygen atoms in total. The van der Waals surface area contributed by atoms with Crippen LogP contribution in [-0.4, -0.2) is 49.7 Å². The molecule has 1 atom stereocenters. The lowest BCUT2D eigenvalue weighted by molar-refractivity contribution is -0.385. The van der Waals surface area contributed by atoms with Crippen molar-refractivity contribution < 1.29 is 33.5 Å². The van der Waals surface area contributed by atoms with Crippen LogP contribution >= 0.6 is 0 Å². The van der Waals surface area contributed by atoms with Crippen LogP contribution in [-0.2, 0) is 32.1 Å². The fourth-order valence-corrected chi connectivity index (χ4v) is 3.39.